The fourth-order valence-corrected chi connectivity index (χ4v) is 5.10. The number of amides is 2. The van der Waals surface area contributed by atoms with E-state index in [9.17, 15) is 35.9 Å². The highest BCUT2D eigenvalue weighted by Gasteiger charge is 2.54. The molecule has 2 aromatic carbocycles. The molecule has 4 nitrogen and oxygen atoms in total. The number of carbonyl (C=O) groups excluding carboxylic acids is 2. The van der Waals surface area contributed by atoms with E-state index >= 15 is 0 Å². The van der Waals surface area contributed by atoms with Gasteiger partial charge < -0.3 is 9.80 Å². The normalized spacial score (nSPS) is 20.8. The summed E-state index contributed by atoms with van der Waals surface area (Å²) in [6, 6.07) is 10.4. The van der Waals surface area contributed by atoms with Gasteiger partial charge in [-0.2, -0.15) is 26.3 Å². The summed E-state index contributed by atoms with van der Waals surface area (Å²) in [5.41, 5.74) is -3.52. The Bertz CT molecular complexity index is 1060. The number of halogens is 6. The number of rotatable bonds is 2. The highest BCUT2D eigenvalue weighted by molar-refractivity contribution is 5.95. The first-order valence-electron chi connectivity index (χ1n) is 10.7. The van der Waals surface area contributed by atoms with Crippen LogP contribution in [0.5, 0.6) is 0 Å². The Kier molecular flexibility index (Phi) is 5.90. The average Bonchev–Trinajstić information content (AvgIpc) is 3.03. The van der Waals surface area contributed by atoms with Crippen LogP contribution in [0.25, 0.3) is 0 Å². The number of nitrogens with zero attached hydrogens (tertiary/aromatic N) is 2. The van der Waals surface area contributed by atoms with E-state index in [1.807, 2.05) is 30.3 Å². The van der Waals surface area contributed by atoms with E-state index < -0.39 is 40.4 Å². The SMILES string of the molecule is CN1CC(c2ccccc2)C2(CCN(C(=O)c3cc(C(F)(F)F)cc(C(F)(F)F)c3)CC2)C1=O. The zero-order valence-electron chi connectivity index (χ0n) is 18.2. The van der Waals surface area contributed by atoms with Crippen molar-refractivity contribution in [1.29, 1.82) is 0 Å². The lowest BCUT2D eigenvalue weighted by molar-refractivity contribution is -0.143. The van der Waals surface area contributed by atoms with Gasteiger partial charge in [-0.05, 0) is 36.6 Å². The Balaban J connectivity index is 1.60. The number of likely N-dealkylation sites (tertiary alicyclic amines) is 2. The first-order chi connectivity index (χ1) is 15.8. The van der Waals surface area contributed by atoms with Gasteiger partial charge in [0.1, 0.15) is 0 Å². The molecule has 0 radical (unpaired) electrons. The van der Waals surface area contributed by atoms with Crippen molar-refractivity contribution >= 4 is 11.8 Å². The topological polar surface area (TPSA) is 40.6 Å². The van der Waals surface area contributed by atoms with Crippen molar-refractivity contribution < 1.29 is 35.9 Å². The highest BCUT2D eigenvalue weighted by Crippen LogP contribution is 2.50. The van der Waals surface area contributed by atoms with E-state index in [4.69, 9.17) is 0 Å². The second kappa shape index (κ2) is 8.32. The molecule has 0 bridgehead atoms. The molecule has 2 fully saturated rings. The maximum Gasteiger partial charge on any atom is 0.416 e. The van der Waals surface area contributed by atoms with Crippen LogP contribution in [-0.4, -0.2) is 48.3 Å². The van der Waals surface area contributed by atoms with E-state index in [0.717, 1.165) is 5.56 Å². The van der Waals surface area contributed by atoms with E-state index in [0.29, 0.717) is 18.7 Å². The Labute approximate surface area is 192 Å². The zero-order chi connectivity index (χ0) is 24.9. The Morgan fingerprint density at radius 2 is 1.44 bits per heavy atom. The predicted molar refractivity (Wildman–Crippen MR) is 111 cm³/mol. The van der Waals surface area contributed by atoms with Crippen LogP contribution < -0.4 is 0 Å². The monoisotopic (exact) mass is 484 g/mol. The summed E-state index contributed by atoms with van der Waals surface area (Å²) >= 11 is 0. The molecule has 1 atom stereocenters. The fraction of sp³-hybridized carbons (Fsp3) is 0.417. The Morgan fingerprint density at radius 3 is 1.94 bits per heavy atom. The van der Waals surface area contributed by atoms with Crippen molar-refractivity contribution in [3.63, 3.8) is 0 Å². The summed E-state index contributed by atoms with van der Waals surface area (Å²) < 4.78 is 79.1. The third-order valence-corrected chi connectivity index (χ3v) is 6.88. The first kappa shape index (κ1) is 24.1. The summed E-state index contributed by atoms with van der Waals surface area (Å²) in [6.07, 6.45) is -9.53. The van der Waals surface area contributed by atoms with Crippen LogP contribution >= 0.6 is 0 Å². The molecule has 1 unspecified atom stereocenters. The van der Waals surface area contributed by atoms with E-state index in [1.165, 1.54) is 4.90 Å². The van der Waals surface area contributed by atoms with Gasteiger partial charge in [-0.1, -0.05) is 30.3 Å². The minimum absolute atomic E-state index is 0.000532. The number of alkyl halides is 6. The predicted octanol–water partition coefficient (Wildman–Crippen LogP) is 5.20. The molecule has 0 aromatic heterocycles. The number of hydrogen-bond donors (Lipinski definition) is 0. The van der Waals surface area contributed by atoms with Gasteiger partial charge in [0.25, 0.3) is 5.91 Å². The van der Waals surface area contributed by atoms with Gasteiger partial charge in [0, 0.05) is 38.2 Å². The van der Waals surface area contributed by atoms with E-state index in [-0.39, 0.29) is 43.8 Å². The van der Waals surface area contributed by atoms with E-state index in [1.54, 1.807) is 11.9 Å². The lowest BCUT2D eigenvalue weighted by atomic mass is 9.68. The molecule has 0 aliphatic carbocycles. The second-order valence-electron chi connectivity index (χ2n) is 8.89. The molecular formula is C24H22F6N2O2. The van der Waals surface area contributed by atoms with Crippen molar-refractivity contribution in [1.82, 2.24) is 9.80 Å². The van der Waals surface area contributed by atoms with Gasteiger partial charge in [0.05, 0.1) is 16.5 Å². The van der Waals surface area contributed by atoms with Gasteiger partial charge in [-0.3, -0.25) is 9.59 Å². The summed E-state index contributed by atoms with van der Waals surface area (Å²) in [4.78, 5) is 28.9. The third-order valence-electron chi connectivity index (χ3n) is 6.88. The summed E-state index contributed by atoms with van der Waals surface area (Å²) in [5, 5.41) is 0. The van der Waals surface area contributed by atoms with Crippen molar-refractivity contribution in [2.75, 3.05) is 26.7 Å². The van der Waals surface area contributed by atoms with Gasteiger partial charge in [0.2, 0.25) is 5.91 Å². The molecule has 2 saturated heterocycles. The van der Waals surface area contributed by atoms with E-state index in [2.05, 4.69) is 0 Å². The van der Waals surface area contributed by atoms with Crippen molar-refractivity contribution in [3.05, 3.63) is 70.8 Å². The lowest BCUT2D eigenvalue weighted by Gasteiger charge is -2.41. The average molecular weight is 484 g/mol. The van der Waals surface area contributed by atoms with Gasteiger partial charge in [-0.15, -0.1) is 0 Å². The molecule has 182 valence electrons. The van der Waals surface area contributed by atoms with Crippen LogP contribution in [-0.2, 0) is 17.1 Å². The molecule has 2 aliphatic rings. The number of benzene rings is 2. The molecule has 1 spiro atoms. The molecule has 2 amide bonds. The number of carbonyl (C=O) groups is 2. The zero-order valence-corrected chi connectivity index (χ0v) is 18.2. The van der Waals surface area contributed by atoms with Crippen LogP contribution in [0.1, 0.15) is 45.8 Å². The molecule has 0 saturated carbocycles. The number of hydrogen-bond acceptors (Lipinski definition) is 2. The quantitative estimate of drug-likeness (QED) is 0.550. The first-order valence-corrected chi connectivity index (χ1v) is 10.7. The van der Waals surface area contributed by atoms with Crippen LogP contribution in [0.2, 0.25) is 0 Å². The largest absolute Gasteiger partial charge is 0.416 e. The molecular weight excluding hydrogens is 462 g/mol. The van der Waals surface area contributed by atoms with Crippen LogP contribution in [0.15, 0.2) is 48.5 Å². The molecule has 0 N–H and O–H groups in total. The maximum absolute atomic E-state index is 13.2. The number of likely N-dealkylation sites (N-methyl/N-ethyl adjacent to an activating group) is 1. The van der Waals surface area contributed by atoms with Crippen molar-refractivity contribution in [3.8, 4) is 0 Å². The standard InChI is InChI=1S/C24H22F6N2O2/c1-31-14-19(15-5-3-2-4-6-15)22(21(31)34)7-9-32(10-8-22)20(33)16-11-17(23(25,26)27)13-18(12-16)24(28,29)30/h2-6,11-13,19H,7-10,14H2,1H3. The molecule has 2 aromatic rings. The van der Waals surface area contributed by atoms with Crippen molar-refractivity contribution in [2.45, 2.75) is 31.1 Å². The minimum atomic E-state index is -5.04. The summed E-state index contributed by atoms with van der Waals surface area (Å²) in [6.45, 7) is 0.609. The Morgan fingerprint density at radius 1 is 0.912 bits per heavy atom. The number of piperidine rings is 1. The van der Waals surface area contributed by atoms with Crippen LogP contribution in [0.4, 0.5) is 26.3 Å². The maximum atomic E-state index is 13.2. The Hall–Kier alpha value is -3.04. The summed E-state index contributed by atoms with van der Waals surface area (Å²) in [7, 11) is 1.70. The van der Waals surface area contributed by atoms with Crippen LogP contribution in [0, 0.1) is 5.41 Å². The van der Waals surface area contributed by atoms with Gasteiger partial charge in [0.15, 0.2) is 0 Å². The van der Waals surface area contributed by atoms with Crippen molar-refractivity contribution in [2.24, 2.45) is 5.41 Å². The van der Waals surface area contributed by atoms with Gasteiger partial charge in [-0.25, -0.2) is 0 Å². The molecule has 10 heteroatoms. The smallest absolute Gasteiger partial charge is 0.345 e. The highest BCUT2D eigenvalue weighted by atomic mass is 19.4. The second-order valence-corrected chi connectivity index (χ2v) is 8.89. The summed E-state index contributed by atoms with van der Waals surface area (Å²) in [5.74, 6) is -1.10. The fourth-order valence-electron chi connectivity index (χ4n) is 5.10. The molecule has 2 heterocycles. The van der Waals surface area contributed by atoms with Crippen LogP contribution in [0.3, 0.4) is 0 Å². The molecule has 2 aliphatic heterocycles. The third kappa shape index (κ3) is 4.25. The minimum Gasteiger partial charge on any atom is -0.345 e. The van der Waals surface area contributed by atoms with Gasteiger partial charge >= 0.3 is 12.4 Å². The molecule has 34 heavy (non-hydrogen) atoms. The lowest BCUT2D eigenvalue weighted by Crippen LogP contribution is -2.48. The molecule has 4 rings (SSSR count).